The Morgan fingerprint density at radius 3 is 0.778 bits per heavy atom. The third-order valence-electron chi connectivity index (χ3n) is 5.19. The second-order valence-corrected chi connectivity index (χ2v) is 8.83. The number of nitrogens with two attached hydrogens (primary N) is 4. The van der Waals surface area contributed by atoms with E-state index in [-0.39, 0.29) is 47.4 Å². The fourth-order valence-electron chi connectivity index (χ4n) is 2.87. The van der Waals surface area contributed by atoms with E-state index in [2.05, 4.69) is 39.9 Å². The minimum atomic E-state index is -1.25. The maximum atomic E-state index is 10.2. The summed E-state index contributed by atoms with van der Waals surface area (Å²) in [5.41, 5.74) is 23.6. The van der Waals surface area contributed by atoms with Crippen LogP contribution in [0.25, 0.3) is 0 Å². The van der Waals surface area contributed by atoms with Crippen molar-refractivity contribution in [2.75, 3.05) is 0 Å². The van der Waals surface area contributed by atoms with E-state index >= 15 is 0 Å². The molecule has 0 saturated heterocycles. The number of nitrogens with zero attached hydrogens (tertiary/aromatic N) is 4. The smallest absolute Gasteiger partial charge is 0.548 e. The van der Waals surface area contributed by atoms with Crippen LogP contribution in [-0.4, -0.2) is 87.9 Å². The summed E-state index contributed by atoms with van der Waals surface area (Å²) >= 11 is 0. The molecular weight excluding hydrogens is 632 g/mol. The first-order chi connectivity index (χ1) is 20.8. The predicted octanol–water partition coefficient (Wildman–Crippen LogP) is -7.88. The number of hydrogen-bond acceptors (Lipinski definition) is 16. The van der Waals surface area contributed by atoms with Gasteiger partial charge >= 0.3 is 21.7 Å². The van der Waals surface area contributed by atoms with Gasteiger partial charge in [-0.2, -0.15) is 0 Å². The van der Waals surface area contributed by atoms with Crippen LogP contribution in [0, 0.1) is 0 Å². The van der Waals surface area contributed by atoms with Gasteiger partial charge in [-0.25, -0.2) is 19.9 Å². The molecule has 240 valence electrons. The van der Waals surface area contributed by atoms with Gasteiger partial charge in [0, 0.05) is 97.4 Å². The van der Waals surface area contributed by atoms with E-state index in [4.69, 9.17) is 22.9 Å². The van der Waals surface area contributed by atoms with Crippen LogP contribution in [0.2, 0.25) is 0 Å². The number of carbonyl (C=O) groups is 4. The van der Waals surface area contributed by atoms with Crippen LogP contribution in [0.1, 0.15) is 22.8 Å². The van der Waals surface area contributed by atoms with E-state index in [0.29, 0.717) is 22.8 Å². The molecule has 4 heterocycles. The SMILES string of the molecule is N[C@@H](Cc1cnc[nH]1)C(=O)[O-].N[C@@H](Cc1cnc[nH]1)C(=O)[O-].N[C@@H](Cc1cnc[nH]1)C(=O)[O-].N[C@@H](Cc1cnc[nH]1)C(=O)[O-].[Ti+4]. The number of imidazole rings is 4. The molecule has 20 nitrogen and oxygen atoms in total. The summed E-state index contributed by atoms with van der Waals surface area (Å²) in [6.07, 6.45) is 12.9. The van der Waals surface area contributed by atoms with Gasteiger partial charge in [-0.3, -0.25) is 0 Å². The zero-order valence-corrected chi connectivity index (χ0v) is 25.2. The molecule has 12 N–H and O–H groups in total. The molecular formula is C24H32N12O8Ti. The molecule has 21 heteroatoms. The van der Waals surface area contributed by atoms with E-state index in [1.165, 1.54) is 50.1 Å². The standard InChI is InChI=1S/4C6H9N3O2.Ti/c4*7-5(6(10)11)1-4-2-8-3-9-4;/h4*2-3,5H,1,7H2,(H,8,9)(H,10,11);/q;;;;+4/p-4/t4*5-;/m0000./s1. The number of carbonyl (C=O) groups excluding carboxylic acids is 4. The average molecular weight is 664 g/mol. The fraction of sp³-hybridized carbons (Fsp3) is 0.333. The zero-order valence-electron chi connectivity index (χ0n) is 23.6. The molecule has 4 rings (SSSR count). The Balaban J connectivity index is 0.000000569. The molecule has 0 amide bonds. The van der Waals surface area contributed by atoms with Gasteiger partial charge < -0.3 is 82.5 Å². The van der Waals surface area contributed by atoms with Crippen molar-refractivity contribution >= 4 is 23.9 Å². The summed E-state index contributed by atoms with van der Waals surface area (Å²) in [4.78, 5) is 66.4. The molecule has 0 spiro atoms. The largest absolute Gasteiger partial charge is 4.00 e. The van der Waals surface area contributed by atoms with E-state index in [1.807, 2.05) is 0 Å². The summed E-state index contributed by atoms with van der Waals surface area (Å²) < 4.78 is 0. The number of nitrogens with one attached hydrogen (secondary N) is 4. The molecule has 0 fully saturated rings. The van der Waals surface area contributed by atoms with Crippen molar-refractivity contribution in [2.24, 2.45) is 22.9 Å². The molecule has 4 aromatic rings. The Morgan fingerprint density at radius 2 is 0.667 bits per heavy atom. The molecule has 0 aliphatic heterocycles. The Morgan fingerprint density at radius 1 is 0.489 bits per heavy atom. The second-order valence-electron chi connectivity index (χ2n) is 8.83. The van der Waals surface area contributed by atoms with Crippen molar-refractivity contribution in [1.82, 2.24) is 39.9 Å². The van der Waals surface area contributed by atoms with Crippen LogP contribution < -0.4 is 43.4 Å². The van der Waals surface area contributed by atoms with E-state index in [1.54, 1.807) is 0 Å². The average Bonchev–Trinajstić information content (AvgIpc) is 3.79. The minimum Gasteiger partial charge on any atom is -0.548 e. The molecule has 0 unspecified atom stereocenters. The Kier molecular flexibility index (Phi) is 19.6. The minimum absolute atomic E-state index is 0. The Bertz CT molecular complexity index is 1140. The monoisotopic (exact) mass is 664 g/mol. The number of H-pyrrole nitrogens is 4. The van der Waals surface area contributed by atoms with Gasteiger partial charge in [-0.1, -0.05) is 0 Å². The second kappa shape index (κ2) is 21.9. The van der Waals surface area contributed by atoms with Crippen molar-refractivity contribution in [3.8, 4) is 0 Å². The molecule has 0 aliphatic carbocycles. The van der Waals surface area contributed by atoms with Crippen LogP contribution in [-0.2, 0) is 66.6 Å². The first kappa shape index (κ1) is 40.3. The number of carboxylic acids is 4. The molecule has 4 aromatic heterocycles. The van der Waals surface area contributed by atoms with Gasteiger partial charge in [0.05, 0.1) is 49.2 Å². The zero-order chi connectivity index (χ0) is 33.1. The summed E-state index contributed by atoms with van der Waals surface area (Å²) in [6, 6.07) is -3.85. The first-order valence-corrected chi connectivity index (χ1v) is 12.5. The quantitative estimate of drug-likeness (QED) is 0.0652. The predicted molar refractivity (Wildman–Crippen MR) is 141 cm³/mol. The number of hydrogen-bond donors (Lipinski definition) is 8. The summed E-state index contributed by atoms with van der Waals surface area (Å²) in [5, 5.41) is 40.6. The Hall–Kier alpha value is -4.73. The molecule has 0 saturated carbocycles. The van der Waals surface area contributed by atoms with Gasteiger partial charge in [-0.05, 0) is 0 Å². The van der Waals surface area contributed by atoms with Crippen molar-refractivity contribution in [3.05, 3.63) is 72.9 Å². The van der Waals surface area contributed by atoms with Gasteiger partial charge in [0.1, 0.15) is 0 Å². The summed E-state index contributed by atoms with van der Waals surface area (Å²) in [6.45, 7) is 0. The van der Waals surface area contributed by atoms with Gasteiger partial charge in [-0.15, -0.1) is 0 Å². The number of aromatic nitrogens is 8. The molecule has 0 bridgehead atoms. The normalized spacial score (nSPS) is 12.5. The van der Waals surface area contributed by atoms with Gasteiger partial charge in [0.15, 0.2) is 0 Å². The number of aromatic amines is 4. The van der Waals surface area contributed by atoms with E-state index in [9.17, 15) is 39.6 Å². The van der Waals surface area contributed by atoms with Gasteiger partial charge in [0.25, 0.3) is 0 Å². The third-order valence-corrected chi connectivity index (χ3v) is 5.19. The fourth-order valence-corrected chi connectivity index (χ4v) is 2.87. The number of carboxylic acid groups (broad SMARTS) is 4. The molecule has 4 atom stereocenters. The van der Waals surface area contributed by atoms with E-state index in [0.717, 1.165) is 0 Å². The van der Waals surface area contributed by atoms with Gasteiger partial charge in [0.2, 0.25) is 0 Å². The first-order valence-electron chi connectivity index (χ1n) is 12.5. The Labute approximate surface area is 270 Å². The summed E-state index contributed by atoms with van der Waals surface area (Å²) in [7, 11) is 0. The maximum absolute atomic E-state index is 10.2. The van der Waals surface area contributed by atoms with E-state index < -0.39 is 48.0 Å². The van der Waals surface area contributed by atoms with Crippen molar-refractivity contribution in [2.45, 2.75) is 49.9 Å². The van der Waals surface area contributed by atoms with Crippen molar-refractivity contribution in [3.63, 3.8) is 0 Å². The van der Waals surface area contributed by atoms with Crippen LogP contribution in [0.4, 0.5) is 0 Å². The molecule has 45 heavy (non-hydrogen) atoms. The number of aliphatic carboxylic acids is 4. The summed E-state index contributed by atoms with van der Waals surface area (Å²) in [5.74, 6) is -5.00. The topological polar surface area (TPSA) is 379 Å². The molecule has 0 aliphatic rings. The van der Waals surface area contributed by atoms with Crippen molar-refractivity contribution < 1.29 is 61.3 Å². The van der Waals surface area contributed by atoms with Crippen LogP contribution in [0.15, 0.2) is 50.1 Å². The molecule has 0 radical (unpaired) electrons. The van der Waals surface area contributed by atoms with Crippen molar-refractivity contribution in [1.29, 1.82) is 0 Å². The number of rotatable bonds is 12. The van der Waals surface area contributed by atoms with Crippen LogP contribution in [0.3, 0.4) is 0 Å². The maximum Gasteiger partial charge on any atom is 4.00 e. The van der Waals surface area contributed by atoms with Crippen LogP contribution >= 0.6 is 0 Å². The third kappa shape index (κ3) is 17.9. The van der Waals surface area contributed by atoms with Crippen LogP contribution in [0.5, 0.6) is 0 Å². The molecule has 0 aromatic carbocycles.